The molecule has 0 aromatic heterocycles. The van der Waals surface area contributed by atoms with Crippen LogP contribution in [0.3, 0.4) is 0 Å². The van der Waals surface area contributed by atoms with E-state index < -0.39 is 10.0 Å². The molecule has 0 amide bonds. The van der Waals surface area contributed by atoms with E-state index in [1.807, 2.05) is 0 Å². The number of nitrogens with two attached hydrogens (primary N) is 1. The van der Waals surface area contributed by atoms with E-state index in [9.17, 15) is 8.42 Å². The van der Waals surface area contributed by atoms with Crippen LogP contribution in [-0.4, -0.2) is 22.6 Å². The first kappa shape index (κ1) is 13.1. The predicted octanol–water partition coefficient (Wildman–Crippen LogP) is 0.627. The van der Waals surface area contributed by atoms with Crippen LogP contribution in [0.1, 0.15) is 11.1 Å². The summed E-state index contributed by atoms with van der Waals surface area (Å²) in [6, 6.07) is 4.65. The molecule has 6 heteroatoms. The first-order chi connectivity index (χ1) is 7.49. The fraction of sp³-hybridized carbons (Fsp3) is 0.400. The fourth-order valence-corrected chi connectivity index (χ4v) is 1.93. The van der Waals surface area contributed by atoms with Crippen LogP contribution in [0.2, 0.25) is 0 Å². The maximum atomic E-state index is 11.2. The summed E-state index contributed by atoms with van der Waals surface area (Å²) in [7, 11) is -0.556. The minimum atomic E-state index is -3.67. The van der Waals surface area contributed by atoms with Crippen molar-refractivity contribution >= 4 is 10.0 Å². The summed E-state index contributed by atoms with van der Waals surface area (Å²) >= 11 is 0. The van der Waals surface area contributed by atoms with Crippen molar-refractivity contribution in [3.8, 4) is 0 Å². The first-order valence-electron chi connectivity index (χ1n) is 4.61. The van der Waals surface area contributed by atoms with Gasteiger partial charge in [-0.25, -0.2) is 13.6 Å². The second-order valence-electron chi connectivity index (χ2n) is 3.34. The summed E-state index contributed by atoms with van der Waals surface area (Å²) in [6.45, 7) is 0.728. The van der Waals surface area contributed by atoms with Gasteiger partial charge >= 0.3 is 0 Å². The van der Waals surface area contributed by atoms with Crippen LogP contribution in [0.5, 0.6) is 0 Å². The maximum absolute atomic E-state index is 11.2. The molecule has 16 heavy (non-hydrogen) atoms. The zero-order valence-corrected chi connectivity index (χ0v) is 10.1. The van der Waals surface area contributed by atoms with Gasteiger partial charge in [0.05, 0.1) is 18.1 Å². The highest BCUT2D eigenvalue weighted by Crippen LogP contribution is 2.16. The van der Waals surface area contributed by atoms with Crippen molar-refractivity contribution in [3.05, 3.63) is 29.3 Å². The van der Waals surface area contributed by atoms with Crippen molar-refractivity contribution in [2.75, 3.05) is 14.2 Å². The zero-order valence-electron chi connectivity index (χ0n) is 9.26. The molecule has 0 aliphatic heterocycles. The quantitative estimate of drug-likeness (QED) is 0.825. The standard InChI is InChI=1S/C10H15NO4S/c1-14-6-8-3-4-10(16(11,12)13)5-9(8)7-15-2/h3-5H,6-7H2,1-2H3,(H2,11,12,13). The van der Waals surface area contributed by atoms with Gasteiger partial charge in [0, 0.05) is 14.2 Å². The maximum Gasteiger partial charge on any atom is 0.238 e. The SMILES string of the molecule is COCc1ccc(S(N)(=O)=O)cc1COC. The minimum absolute atomic E-state index is 0.0828. The minimum Gasteiger partial charge on any atom is -0.380 e. The molecule has 0 aliphatic carbocycles. The Morgan fingerprint density at radius 1 is 1.12 bits per heavy atom. The average Bonchev–Trinajstić information content (AvgIpc) is 2.19. The van der Waals surface area contributed by atoms with Gasteiger partial charge < -0.3 is 9.47 Å². The van der Waals surface area contributed by atoms with Gasteiger partial charge in [0.15, 0.2) is 0 Å². The van der Waals surface area contributed by atoms with E-state index in [-0.39, 0.29) is 4.90 Å². The molecule has 90 valence electrons. The van der Waals surface area contributed by atoms with Gasteiger partial charge in [0.1, 0.15) is 0 Å². The molecule has 0 saturated carbocycles. The van der Waals surface area contributed by atoms with Crippen molar-refractivity contribution in [2.45, 2.75) is 18.1 Å². The number of hydrogen-bond donors (Lipinski definition) is 1. The molecule has 0 radical (unpaired) electrons. The molecule has 2 N–H and O–H groups in total. The molecule has 0 saturated heterocycles. The van der Waals surface area contributed by atoms with Crippen molar-refractivity contribution in [3.63, 3.8) is 0 Å². The van der Waals surface area contributed by atoms with Crippen LogP contribution in [0.25, 0.3) is 0 Å². The molecule has 0 bridgehead atoms. The molecule has 1 aromatic rings. The lowest BCUT2D eigenvalue weighted by Crippen LogP contribution is -2.13. The summed E-state index contributed by atoms with van der Waals surface area (Å²) in [5.41, 5.74) is 1.65. The van der Waals surface area contributed by atoms with Gasteiger partial charge in [-0.15, -0.1) is 0 Å². The molecule has 0 unspecified atom stereocenters. The van der Waals surface area contributed by atoms with E-state index in [0.29, 0.717) is 13.2 Å². The summed E-state index contributed by atoms with van der Waals surface area (Å²) < 4.78 is 32.3. The number of benzene rings is 1. The van der Waals surface area contributed by atoms with Crippen molar-refractivity contribution in [1.29, 1.82) is 0 Å². The fourth-order valence-electron chi connectivity index (χ4n) is 1.37. The van der Waals surface area contributed by atoms with E-state index in [0.717, 1.165) is 11.1 Å². The Balaban J connectivity index is 3.17. The lowest BCUT2D eigenvalue weighted by molar-refractivity contribution is 0.168. The normalized spacial score (nSPS) is 11.7. The Bertz CT molecular complexity index is 456. The third-order valence-corrected chi connectivity index (χ3v) is 3.02. The predicted molar refractivity (Wildman–Crippen MR) is 59.2 cm³/mol. The number of primary sulfonamides is 1. The largest absolute Gasteiger partial charge is 0.380 e. The highest BCUT2D eigenvalue weighted by atomic mass is 32.2. The lowest BCUT2D eigenvalue weighted by atomic mass is 10.1. The Morgan fingerprint density at radius 2 is 1.69 bits per heavy atom. The average molecular weight is 245 g/mol. The number of ether oxygens (including phenoxy) is 2. The topological polar surface area (TPSA) is 78.6 Å². The van der Waals surface area contributed by atoms with E-state index in [1.54, 1.807) is 20.3 Å². The highest BCUT2D eigenvalue weighted by molar-refractivity contribution is 7.89. The second kappa shape index (κ2) is 5.40. The smallest absolute Gasteiger partial charge is 0.238 e. The molecule has 0 fully saturated rings. The van der Waals surface area contributed by atoms with Gasteiger partial charge in [-0.05, 0) is 23.3 Å². The molecule has 0 aliphatic rings. The van der Waals surface area contributed by atoms with E-state index in [1.165, 1.54) is 12.1 Å². The summed E-state index contributed by atoms with van der Waals surface area (Å²) in [4.78, 5) is 0.0828. The number of methoxy groups -OCH3 is 2. The van der Waals surface area contributed by atoms with Gasteiger partial charge in [-0.3, -0.25) is 0 Å². The monoisotopic (exact) mass is 245 g/mol. The van der Waals surface area contributed by atoms with Crippen LogP contribution in [0.4, 0.5) is 0 Å². The second-order valence-corrected chi connectivity index (χ2v) is 4.90. The molecule has 1 aromatic carbocycles. The van der Waals surface area contributed by atoms with Crippen molar-refractivity contribution in [1.82, 2.24) is 0 Å². The molecule has 0 spiro atoms. The van der Waals surface area contributed by atoms with E-state index in [2.05, 4.69) is 0 Å². The summed E-state index contributed by atoms with van der Waals surface area (Å²) in [5.74, 6) is 0. The number of rotatable bonds is 5. The van der Waals surface area contributed by atoms with Crippen LogP contribution in [0.15, 0.2) is 23.1 Å². The van der Waals surface area contributed by atoms with Gasteiger partial charge in [0.2, 0.25) is 10.0 Å². The molecular formula is C10H15NO4S. The third kappa shape index (κ3) is 3.28. The molecule has 5 nitrogen and oxygen atoms in total. The van der Waals surface area contributed by atoms with Crippen LogP contribution in [-0.2, 0) is 32.7 Å². The van der Waals surface area contributed by atoms with Gasteiger partial charge in [-0.2, -0.15) is 0 Å². The number of sulfonamides is 1. The lowest BCUT2D eigenvalue weighted by Gasteiger charge is -2.09. The van der Waals surface area contributed by atoms with E-state index >= 15 is 0 Å². The highest BCUT2D eigenvalue weighted by Gasteiger charge is 2.11. The van der Waals surface area contributed by atoms with Gasteiger partial charge in [-0.1, -0.05) is 6.07 Å². The Labute approximate surface area is 95.2 Å². The Hall–Kier alpha value is -0.950. The van der Waals surface area contributed by atoms with E-state index in [4.69, 9.17) is 14.6 Å². The number of hydrogen-bond acceptors (Lipinski definition) is 4. The van der Waals surface area contributed by atoms with Crippen LogP contribution in [0, 0.1) is 0 Å². The van der Waals surface area contributed by atoms with Crippen LogP contribution >= 0.6 is 0 Å². The zero-order chi connectivity index (χ0) is 12.2. The molecule has 1 rings (SSSR count). The third-order valence-electron chi connectivity index (χ3n) is 2.11. The summed E-state index contributed by atoms with van der Waals surface area (Å²) in [5, 5.41) is 5.05. The van der Waals surface area contributed by atoms with Crippen molar-refractivity contribution in [2.24, 2.45) is 5.14 Å². The Kier molecular flexibility index (Phi) is 4.43. The Morgan fingerprint density at radius 3 is 2.19 bits per heavy atom. The van der Waals surface area contributed by atoms with Crippen molar-refractivity contribution < 1.29 is 17.9 Å². The van der Waals surface area contributed by atoms with Gasteiger partial charge in [0.25, 0.3) is 0 Å². The van der Waals surface area contributed by atoms with Crippen LogP contribution < -0.4 is 5.14 Å². The first-order valence-corrected chi connectivity index (χ1v) is 6.16. The molecule has 0 atom stereocenters. The molecule has 0 heterocycles. The molecular weight excluding hydrogens is 230 g/mol. The summed E-state index contributed by atoms with van der Waals surface area (Å²) in [6.07, 6.45) is 0.